The summed E-state index contributed by atoms with van der Waals surface area (Å²) >= 11 is 0. The van der Waals surface area contributed by atoms with Gasteiger partial charge in [0.2, 0.25) is 5.91 Å². The average Bonchev–Trinajstić information content (AvgIpc) is 2.60. The van der Waals surface area contributed by atoms with Crippen molar-refractivity contribution in [2.75, 3.05) is 7.11 Å². The number of aryl methyl sites for hydroxylation is 1. The molecule has 0 aliphatic carbocycles. The number of ether oxygens (including phenoxy) is 2. The first-order chi connectivity index (χ1) is 12.7. The monoisotopic (exact) mass is 387 g/mol. The molecule has 0 radical (unpaired) electrons. The Morgan fingerprint density at radius 3 is 2.56 bits per heavy atom. The topological polar surface area (TPSA) is 81.7 Å². The van der Waals surface area contributed by atoms with Crippen LogP contribution in [0.25, 0.3) is 0 Å². The molecule has 3 atom stereocenters. The highest BCUT2D eigenvalue weighted by Gasteiger charge is 2.54. The number of hydrogen-bond acceptors (Lipinski definition) is 5. The Hall–Kier alpha value is -2.54. The van der Waals surface area contributed by atoms with Crippen LogP contribution in [0.4, 0.5) is 0 Å². The van der Waals surface area contributed by atoms with E-state index in [1.54, 1.807) is 56.5 Å². The number of carbonyl (C=O) groups excluding carboxylic acids is 1. The number of sulfone groups is 1. The van der Waals surface area contributed by atoms with E-state index in [9.17, 15) is 13.2 Å². The van der Waals surface area contributed by atoms with E-state index in [1.807, 2.05) is 6.92 Å². The second-order valence-corrected chi connectivity index (χ2v) is 9.38. The predicted octanol–water partition coefficient (Wildman–Crippen LogP) is 2.56. The molecule has 1 saturated heterocycles. The molecule has 4 rings (SSSR count). The van der Waals surface area contributed by atoms with E-state index in [-0.39, 0.29) is 4.90 Å². The van der Waals surface area contributed by atoms with Gasteiger partial charge in [-0.05, 0) is 44.2 Å². The van der Waals surface area contributed by atoms with Crippen LogP contribution in [0.15, 0.2) is 47.4 Å². The summed E-state index contributed by atoms with van der Waals surface area (Å²) in [7, 11) is -2.33. The van der Waals surface area contributed by atoms with E-state index in [1.165, 1.54) is 0 Å². The van der Waals surface area contributed by atoms with Crippen molar-refractivity contribution in [1.29, 1.82) is 0 Å². The summed E-state index contributed by atoms with van der Waals surface area (Å²) in [5.41, 5.74) is 0.709. The summed E-state index contributed by atoms with van der Waals surface area (Å²) in [4.78, 5) is 13.0. The third kappa shape index (κ3) is 2.86. The van der Waals surface area contributed by atoms with Crippen LogP contribution in [-0.4, -0.2) is 32.4 Å². The maximum absolute atomic E-state index is 13.3. The minimum absolute atomic E-state index is 0.146. The lowest BCUT2D eigenvalue weighted by Crippen LogP contribution is -2.63. The number of rotatable bonds is 3. The number of carbonyl (C=O) groups is 1. The predicted molar refractivity (Wildman–Crippen MR) is 99.7 cm³/mol. The Kier molecular flexibility index (Phi) is 3.96. The summed E-state index contributed by atoms with van der Waals surface area (Å²) in [6.07, 6.45) is 0.370. The van der Waals surface area contributed by atoms with E-state index >= 15 is 0 Å². The van der Waals surface area contributed by atoms with E-state index in [4.69, 9.17) is 9.47 Å². The third-order valence-electron chi connectivity index (χ3n) is 5.26. The summed E-state index contributed by atoms with van der Waals surface area (Å²) in [6, 6.07) is 11.8. The summed E-state index contributed by atoms with van der Waals surface area (Å²) < 4.78 is 37.9. The minimum Gasteiger partial charge on any atom is -0.497 e. The highest BCUT2D eigenvalue weighted by atomic mass is 32.2. The van der Waals surface area contributed by atoms with Crippen LogP contribution in [0.2, 0.25) is 0 Å². The number of amides is 1. The number of piperidine rings is 1. The van der Waals surface area contributed by atoms with Crippen molar-refractivity contribution in [2.24, 2.45) is 0 Å². The zero-order valence-corrected chi connectivity index (χ0v) is 16.2. The number of methoxy groups -OCH3 is 1. The van der Waals surface area contributed by atoms with Crippen LogP contribution in [0, 0.1) is 6.92 Å². The van der Waals surface area contributed by atoms with Crippen LogP contribution < -0.4 is 14.8 Å². The van der Waals surface area contributed by atoms with Gasteiger partial charge < -0.3 is 14.8 Å². The van der Waals surface area contributed by atoms with Gasteiger partial charge in [-0.1, -0.05) is 17.7 Å². The van der Waals surface area contributed by atoms with Gasteiger partial charge >= 0.3 is 0 Å². The van der Waals surface area contributed by atoms with E-state index in [2.05, 4.69) is 5.32 Å². The molecule has 2 bridgehead atoms. The number of benzene rings is 2. The van der Waals surface area contributed by atoms with E-state index in [0.717, 1.165) is 5.56 Å². The number of hydrogen-bond donors (Lipinski definition) is 1. The molecule has 2 aliphatic heterocycles. The van der Waals surface area contributed by atoms with Crippen LogP contribution in [0.3, 0.4) is 0 Å². The van der Waals surface area contributed by atoms with Crippen molar-refractivity contribution in [3.63, 3.8) is 0 Å². The molecule has 7 heteroatoms. The Morgan fingerprint density at radius 2 is 1.89 bits per heavy atom. The SMILES string of the molecule is COc1ccc2c(c1)[C@@H]1C[C@@](C)(NC(=O)[C@@H]1S(=O)(=O)c1ccc(C)cc1)O2. The zero-order valence-electron chi connectivity index (χ0n) is 15.4. The van der Waals surface area contributed by atoms with Crippen molar-refractivity contribution in [1.82, 2.24) is 5.32 Å². The summed E-state index contributed by atoms with van der Waals surface area (Å²) in [5.74, 6) is 0.105. The van der Waals surface area contributed by atoms with Crippen molar-refractivity contribution in [3.05, 3.63) is 53.6 Å². The van der Waals surface area contributed by atoms with Crippen LogP contribution in [-0.2, 0) is 14.6 Å². The molecule has 6 nitrogen and oxygen atoms in total. The normalized spacial score (nSPS) is 26.6. The van der Waals surface area contributed by atoms with Gasteiger partial charge in [-0.3, -0.25) is 4.79 Å². The van der Waals surface area contributed by atoms with E-state index in [0.29, 0.717) is 23.5 Å². The van der Waals surface area contributed by atoms with Crippen molar-refractivity contribution < 1.29 is 22.7 Å². The van der Waals surface area contributed by atoms with Gasteiger partial charge in [-0.2, -0.15) is 0 Å². The Morgan fingerprint density at radius 1 is 1.19 bits per heavy atom. The fraction of sp³-hybridized carbons (Fsp3) is 0.350. The third-order valence-corrected chi connectivity index (χ3v) is 7.40. The number of nitrogens with one attached hydrogen (secondary N) is 1. The largest absolute Gasteiger partial charge is 0.497 e. The summed E-state index contributed by atoms with van der Waals surface area (Å²) in [5, 5.41) is 1.54. The lowest BCUT2D eigenvalue weighted by atomic mass is 9.81. The smallest absolute Gasteiger partial charge is 0.242 e. The van der Waals surface area contributed by atoms with Gasteiger partial charge in [-0.25, -0.2) is 8.42 Å². The molecule has 1 N–H and O–H groups in total. The van der Waals surface area contributed by atoms with Gasteiger partial charge in [0.15, 0.2) is 20.8 Å². The second kappa shape index (κ2) is 5.99. The van der Waals surface area contributed by atoms with Crippen molar-refractivity contribution >= 4 is 15.7 Å². The standard InChI is InChI=1S/C20H21NO5S/c1-12-4-7-14(8-5-12)27(23,24)18-16-11-20(2,21-19(18)22)26-17-9-6-13(25-3)10-15(16)17/h4-10,16,18H,11H2,1-3H3,(H,21,22)/t16-,18+,20-/m0/s1. The van der Waals surface area contributed by atoms with Gasteiger partial charge in [-0.15, -0.1) is 0 Å². The molecule has 27 heavy (non-hydrogen) atoms. The fourth-order valence-electron chi connectivity index (χ4n) is 3.94. The lowest BCUT2D eigenvalue weighted by molar-refractivity contribution is -0.132. The summed E-state index contributed by atoms with van der Waals surface area (Å²) in [6.45, 7) is 3.65. The molecule has 2 aromatic rings. The molecule has 142 valence electrons. The Bertz CT molecular complexity index is 1020. The van der Waals surface area contributed by atoms with Crippen molar-refractivity contribution in [3.8, 4) is 11.5 Å². The van der Waals surface area contributed by atoms with Gasteiger partial charge in [0, 0.05) is 17.9 Å². The Labute approximate surface area is 158 Å². The zero-order chi connectivity index (χ0) is 19.4. The minimum atomic E-state index is -3.88. The lowest BCUT2D eigenvalue weighted by Gasteiger charge is -2.46. The molecule has 2 heterocycles. The van der Waals surface area contributed by atoms with Crippen LogP contribution in [0.1, 0.15) is 30.4 Å². The molecule has 0 unspecified atom stereocenters. The first kappa shape index (κ1) is 17.9. The maximum atomic E-state index is 13.3. The molecule has 0 spiro atoms. The van der Waals surface area contributed by atoms with Gasteiger partial charge in [0.1, 0.15) is 11.5 Å². The van der Waals surface area contributed by atoms with Crippen LogP contribution >= 0.6 is 0 Å². The molecule has 0 saturated carbocycles. The Balaban J connectivity index is 1.86. The molecule has 2 aromatic carbocycles. The maximum Gasteiger partial charge on any atom is 0.242 e. The van der Waals surface area contributed by atoms with Gasteiger partial charge in [0.25, 0.3) is 0 Å². The first-order valence-electron chi connectivity index (χ1n) is 8.73. The molecule has 1 amide bonds. The molecular formula is C20H21NO5S. The highest BCUT2D eigenvalue weighted by Crippen LogP contribution is 2.48. The molecular weight excluding hydrogens is 366 g/mol. The number of fused-ring (bicyclic) bond motifs is 4. The quantitative estimate of drug-likeness (QED) is 0.875. The highest BCUT2D eigenvalue weighted by molar-refractivity contribution is 7.92. The molecule has 1 fully saturated rings. The van der Waals surface area contributed by atoms with Crippen LogP contribution in [0.5, 0.6) is 11.5 Å². The average molecular weight is 387 g/mol. The van der Waals surface area contributed by atoms with Gasteiger partial charge in [0.05, 0.1) is 12.0 Å². The molecule has 2 aliphatic rings. The first-order valence-corrected chi connectivity index (χ1v) is 10.3. The van der Waals surface area contributed by atoms with E-state index < -0.39 is 32.6 Å². The fourth-order valence-corrected chi connectivity index (χ4v) is 5.77. The van der Waals surface area contributed by atoms with Crippen molar-refractivity contribution in [2.45, 2.75) is 42.1 Å². The molecule has 0 aromatic heterocycles. The second-order valence-electron chi connectivity index (χ2n) is 7.32.